The van der Waals surface area contributed by atoms with E-state index in [-0.39, 0.29) is 17.9 Å². The lowest BCUT2D eigenvalue weighted by Gasteiger charge is -2.34. The summed E-state index contributed by atoms with van der Waals surface area (Å²) in [5.74, 6) is -0.152. The molecule has 0 unspecified atom stereocenters. The molecule has 46 heavy (non-hydrogen) atoms. The number of nitrogens with one attached hydrogen (secondary N) is 3. The van der Waals surface area contributed by atoms with Gasteiger partial charge in [0.15, 0.2) is 0 Å². The number of aryl methyl sites for hydroxylation is 1. The van der Waals surface area contributed by atoms with E-state index in [0.29, 0.717) is 24.7 Å². The standard InChI is InChI=1S/C37H43N7O2/c1-25(32-22-38-33-13-9-8-12-31(32)33)35(41-37(46)44-18-16-28(17-19-44)27-10-6-5-7-11-27)36(45)40-34-20-26(23-42(2)3)14-15-30(34)29-21-39-43(4)24-29/h5-15,20-22,24-25,28,35,38H,16-19,23H2,1-4H3,(H,40,45)(H,41,46)/t25-,35-/m1/s1. The highest BCUT2D eigenvalue weighted by Gasteiger charge is 2.33. The Morgan fingerprint density at radius 1 is 1.02 bits per heavy atom. The highest BCUT2D eigenvalue weighted by Crippen LogP contribution is 2.33. The average molecular weight is 618 g/mol. The summed E-state index contributed by atoms with van der Waals surface area (Å²) in [5, 5.41) is 11.8. The number of nitrogens with zero attached hydrogens (tertiary/aromatic N) is 4. The zero-order valence-electron chi connectivity index (χ0n) is 27.0. The second kappa shape index (κ2) is 13.6. The number of benzene rings is 3. The number of fused-ring (bicyclic) bond motifs is 1. The molecule has 3 amide bonds. The number of aromatic nitrogens is 3. The van der Waals surface area contributed by atoms with Crippen molar-refractivity contribution in [3.63, 3.8) is 0 Å². The topological polar surface area (TPSA) is 98.3 Å². The van der Waals surface area contributed by atoms with Crippen molar-refractivity contribution in [3.05, 3.63) is 108 Å². The first kappa shape index (κ1) is 31.1. The van der Waals surface area contributed by atoms with E-state index in [1.165, 1.54) is 5.56 Å². The summed E-state index contributed by atoms with van der Waals surface area (Å²) in [7, 11) is 5.91. The summed E-state index contributed by atoms with van der Waals surface area (Å²) < 4.78 is 1.75. The summed E-state index contributed by atoms with van der Waals surface area (Å²) in [6, 6.07) is 23.6. The van der Waals surface area contributed by atoms with Crippen LogP contribution in [0, 0.1) is 0 Å². The van der Waals surface area contributed by atoms with Gasteiger partial charge in [-0.15, -0.1) is 0 Å². The van der Waals surface area contributed by atoms with E-state index in [0.717, 1.165) is 52.5 Å². The molecule has 1 saturated heterocycles. The Bertz CT molecular complexity index is 1800. The van der Waals surface area contributed by atoms with Crippen molar-refractivity contribution in [2.45, 2.75) is 44.2 Å². The number of anilines is 1. The van der Waals surface area contributed by atoms with Gasteiger partial charge in [0, 0.05) is 72.7 Å². The predicted molar refractivity (Wildman–Crippen MR) is 184 cm³/mol. The molecule has 0 bridgehead atoms. The Morgan fingerprint density at radius 2 is 1.76 bits per heavy atom. The van der Waals surface area contributed by atoms with Crippen molar-refractivity contribution in [2.24, 2.45) is 7.05 Å². The third-order valence-corrected chi connectivity index (χ3v) is 9.08. The number of carbonyl (C=O) groups is 2. The molecule has 2 atom stereocenters. The van der Waals surface area contributed by atoms with Crippen molar-refractivity contribution in [1.82, 2.24) is 29.9 Å². The third-order valence-electron chi connectivity index (χ3n) is 9.08. The maximum atomic E-state index is 14.4. The fourth-order valence-corrected chi connectivity index (χ4v) is 6.61. The fraction of sp³-hybridized carbons (Fsp3) is 0.324. The number of H-pyrrole nitrogens is 1. The minimum Gasteiger partial charge on any atom is -0.361 e. The third kappa shape index (κ3) is 6.84. The number of rotatable bonds is 9. The van der Waals surface area contributed by atoms with Gasteiger partial charge in [-0.05, 0) is 61.7 Å². The van der Waals surface area contributed by atoms with Crippen LogP contribution in [0.15, 0.2) is 91.4 Å². The lowest BCUT2D eigenvalue weighted by atomic mass is 9.89. The molecule has 3 N–H and O–H groups in total. The maximum Gasteiger partial charge on any atom is 0.318 e. The van der Waals surface area contributed by atoms with Gasteiger partial charge in [-0.2, -0.15) is 5.10 Å². The monoisotopic (exact) mass is 617 g/mol. The molecule has 1 aliphatic heterocycles. The summed E-state index contributed by atoms with van der Waals surface area (Å²) in [6.45, 7) is 4.01. The van der Waals surface area contributed by atoms with Crippen molar-refractivity contribution >= 4 is 28.5 Å². The number of hydrogen-bond donors (Lipinski definition) is 3. The number of piperidine rings is 1. The van der Waals surface area contributed by atoms with Crippen LogP contribution < -0.4 is 10.6 Å². The van der Waals surface area contributed by atoms with Crippen molar-refractivity contribution < 1.29 is 9.59 Å². The molecule has 0 spiro atoms. The number of aromatic amines is 1. The van der Waals surface area contributed by atoms with Crippen LogP contribution in [0.1, 0.15) is 48.3 Å². The average Bonchev–Trinajstić information content (AvgIpc) is 3.70. The van der Waals surface area contributed by atoms with Crippen molar-refractivity contribution in [2.75, 3.05) is 32.5 Å². The van der Waals surface area contributed by atoms with E-state index in [2.05, 4.69) is 55.9 Å². The highest BCUT2D eigenvalue weighted by molar-refractivity contribution is 6.01. The van der Waals surface area contributed by atoms with Gasteiger partial charge in [0.25, 0.3) is 0 Å². The van der Waals surface area contributed by atoms with Crippen LogP contribution in [0.4, 0.5) is 10.5 Å². The number of urea groups is 1. The normalized spacial score (nSPS) is 15.2. The molecule has 238 valence electrons. The van der Waals surface area contributed by atoms with Crippen LogP contribution in [-0.2, 0) is 18.4 Å². The molecule has 2 aromatic heterocycles. The number of para-hydroxylation sites is 1. The van der Waals surface area contributed by atoms with Gasteiger partial charge in [0.1, 0.15) is 6.04 Å². The van der Waals surface area contributed by atoms with Crippen LogP contribution in [-0.4, -0.2) is 69.7 Å². The number of hydrogen-bond acceptors (Lipinski definition) is 4. The van der Waals surface area contributed by atoms with Crippen LogP contribution in [0.25, 0.3) is 22.0 Å². The molecule has 3 heterocycles. The summed E-state index contributed by atoms with van der Waals surface area (Å²) >= 11 is 0. The predicted octanol–water partition coefficient (Wildman–Crippen LogP) is 6.33. The molecule has 9 heteroatoms. The molecule has 9 nitrogen and oxygen atoms in total. The van der Waals surface area contributed by atoms with E-state index >= 15 is 0 Å². The molecule has 1 aliphatic rings. The molecule has 1 fully saturated rings. The first-order valence-corrected chi connectivity index (χ1v) is 16.0. The minimum absolute atomic E-state index is 0.216. The van der Waals surface area contributed by atoms with E-state index in [9.17, 15) is 9.59 Å². The Kier molecular flexibility index (Phi) is 9.21. The Labute approximate surface area is 270 Å². The maximum absolute atomic E-state index is 14.4. The Morgan fingerprint density at radius 3 is 2.48 bits per heavy atom. The van der Waals surface area contributed by atoms with Crippen LogP contribution in [0.5, 0.6) is 0 Å². The summed E-state index contributed by atoms with van der Waals surface area (Å²) in [4.78, 5) is 35.5. The lowest BCUT2D eigenvalue weighted by Crippen LogP contribution is -2.53. The SMILES string of the molecule is C[C@H](c1c[nH]c2ccccc12)[C@@H](NC(=O)N1CCC(c2ccccc2)CC1)C(=O)Nc1cc(CN(C)C)ccc1-c1cnn(C)c1. The second-order valence-corrected chi connectivity index (χ2v) is 12.7. The summed E-state index contributed by atoms with van der Waals surface area (Å²) in [6.07, 6.45) is 7.46. The first-order chi connectivity index (χ1) is 22.3. The number of amides is 3. The van der Waals surface area contributed by atoms with E-state index in [1.807, 2.05) is 87.8 Å². The molecule has 0 saturated carbocycles. The van der Waals surface area contributed by atoms with E-state index in [4.69, 9.17) is 0 Å². The largest absolute Gasteiger partial charge is 0.361 e. The molecule has 0 aliphatic carbocycles. The smallest absolute Gasteiger partial charge is 0.318 e. The van der Waals surface area contributed by atoms with Crippen molar-refractivity contribution in [1.29, 1.82) is 0 Å². The van der Waals surface area contributed by atoms with Crippen LogP contribution >= 0.6 is 0 Å². The molecule has 6 rings (SSSR count). The van der Waals surface area contributed by atoms with Gasteiger partial charge >= 0.3 is 6.03 Å². The highest BCUT2D eigenvalue weighted by atomic mass is 16.2. The molecular weight excluding hydrogens is 574 g/mol. The molecule has 3 aromatic carbocycles. The number of likely N-dealkylation sites (tertiary alicyclic amines) is 1. The van der Waals surface area contributed by atoms with Gasteiger partial charge in [0.05, 0.1) is 6.20 Å². The fourth-order valence-electron chi connectivity index (χ4n) is 6.61. The van der Waals surface area contributed by atoms with Crippen LogP contribution in [0.3, 0.4) is 0 Å². The Hall–Kier alpha value is -4.89. The van der Waals surface area contributed by atoms with Crippen molar-refractivity contribution in [3.8, 4) is 11.1 Å². The molecule has 0 radical (unpaired) electrons. The zero-order chi connectivity index (χ0) is 32.2. The lowest BCUT2D eigenvalue weighted by molar-refractivity contribution is -0.118. The Balaban J connectivity index is 1.28. The van der Waals surface area contributed by atoms with Gasteiger partial charge in [-0.25, -0.2) is 4.79 Å². The van der Waals surface area contributed by atoms with E-state index in [1.54, 1.807) is 10.9 Å². The second-order valence-electron chi connectivity index (χ2n) is 12.7. The van der Waals surface area contributed by atoms with E-state index < -0.39 is 6.04 Å². The van der Waals surface area contributed by atoms with Gasteiger partial charge < -0.3 is 25.4 Å². The summed E-state index contributed by atoms with van der Waals surface area (Å²) in [5.41, 5.74) is 6.82. The minimum atomic E-state index is -0.821. The molecular formula is C37H43N7O2. The van der Waals surface area contributed by atoms with Gasteiger partial charge in [-0.1, -0.05) is 67.6 Å². The van der Waals surface area contributed by atoms with Gasteiger partial charge in [0.2, 0.25) is 5.91 Å². The quantitative estimate of drug-likeness (QED) is 0.180. The van der Waals surface area contributed by atoms with Crippen LogP contribution in [0.2, 0.25) is 0 Å². The first-order valence-electron chi connectivity index (χ1n) is 16.0. The molecule has 5 aromatic rings. The van der Waals surface area contributed by atoms with Gasteiger partial charge in [-0.3, -0.25) is 9.48 Å². The number of carbonyl (C=O) groups excluding carboxylic acids is 2. The zero-order valence-corrected chi connectivity index (χ0v) is 27.0.